The van der Waals surface area contributed by atoms with Crippen molar-refractivity contribution in [1.82, 2.24) is 9.80 Å². The van der Waals surface area contributed by atoms with Gasteiger partial charge in [-0.25, -0.2) is 4.79 Å². The van der Waals surface area contributed by atoms with Crippen LogP contribution >= 0.6 is 0 Å². The highest BCUT2D eigenvalue weighted by Gasteiger charge is 2.26. The number of hydrogen-bond acceptors (Lipinski definition) is 3. The SMILES string of the molecule is CC(C)(C)OC(=O)N1CCCN(C(=O)c2ccc(C(C)(C)C)cc2)CC1. The van der Waals surface area contributed by atoms with Crippen LogP contribution in [0.5, 0.6) is 0 Å². The summed E-state index contributed by atoms with van der Waals surface area (Å²) in [6.45, 7) is 14.3. The average Bonchev–Trinajstić information content (AvgIpc) is 2.78. The molecule has 1 fully saturated rings. The van der Waals surface area contributed by atoms with Crippen molar-refractivity contribution < 1.29 is 14.3 Å². The van der Waals surface area contributed by atoms with E-state index in [0.717, 1.165) is 6.42 Å². The van der Waals surface area contributed by atoms with Crippen molar-refractivity contribution >= 4 is 12.0 Å². The normalized spacial score (nSPS) is 16.2. The number of ether oxygens (including phenoxy) is 1. The molecule has 0 saturated carbocycles. The fourth-order valence-electron chi connectivity index (χ4n) is 2.92. The summed E-state index contributed by atoms with van der Waals surface area (Å²) in [6, 6.07) is 7.86. The molecule has 0 radical (unpaired) electrons. The molecule has 5 nitrogen and oxygen atoms in total. The Balaban J connectivity index is 2.00. The van der Waals surface area contributed by atoms with E-state index in [-0.39, 0.29) is 17.4 Å². The van der Waals surface area contributed by atoms with E-state index in [4.69, 9.17) is 4.74 Å². The van der Waals surface area contributed by atoms with E-state index in [9.17, 15) is 9.59 Å². The summed E-state index contributed by atoms with van der Waals surface area (Å²) in [6.07, 6.45) is 0.451. The van der Waals surface area contributed by atoms with Crippen molar-refractivity contribution in [2.75, 3.05) is 26.2 Å². The Morgan fingerprint density at radius 1 is 0.846 bits per heavy atom. The Bertz CT molecular complexity index is 639. The summed E-state index contributed by atoms with van der Waals surface area (Å²) in [5.74, 6) is 0.0245. The van der Waals surface area contributed by atoms with Crippen LogP contribution in [0.4, 0.5) is 4.79 Å². The van der Waals surface area contributed by atoms with Crippen LogP contribution in [-0.2, 0) is 10.2 Å². The zero-order chi connectivity index (χ0) is 19.5. The third kappa shape index (κ3) is 5.48. The molecule has 5 heteroatoms. The van der Waals surface area contributed by atoms with Gasteiger partial charge in [0, 0.05) is 31.7 Å². The Morgan fingerprint density at radius 2 is 1.38 bits per heavy atom. The number of hydrogen-bond donors (Lipinski definition) is 0. The first kappa shape index (κ1) is 20.3. The van der Waals surface area contributed by atoms with E-state index in [0.29, 0.717) is 31.7 Å². The number of carbonyl (C=O) groups excluding carboxylic acids is 2. The smallest absolute Gasteiger partial charge is 0.410 e. The lowest BCUT2D eigenvalue weighted by atomic mass is 9.86. The molecule has 0 N–H and O–H groups in total. The van der Waals surface area contributed by atoms with Crippen molar-refractivity contribution in [2.45, 2.75) is 59.0 Å². The number of benzene rings is 1. The molecule has 1 aromatic carbocycles. The summed E-state index contributed by atoms with van der Waals surface area (Å²) < 4.78 is 5.44. The molecule has 0 unspecified atom stereocenters. The summed E-state index contributed by atoms with van der Waals surface area (Å²) in [5.41, 5.74) is 1.47. The molecule has 0 bridgehead atoms. The predicted molar refractivity (Wildman–Crippen MR) is 103 cm³/mol. The van der Waals surface area contributed by atoms with E-state index in [1.54, 1.807) is 4.90 Å². The molecule has 144 valence electrons. The third-order valence-electron chi connectivity index (χ3n) is 4.43. The summed E-state index contributed by atoms with van der Waals surface area (Å²) in [5, 5.41) is 0. The van der Waals surface area contributed by atoms with Crippen molar-refractivity contribution in [3.05, 3.63) is 35.4 Å². The number of nitrogens with zero attached hydrogens (tertiary/aromatic N) is 2. The van der Waals surface area contributed by atoms with Gasteiger partial charge in [-0.05, 0) is 50.3 Å². The average molecular weight is 360 g/mol. The molecule has 1 aliphatic rings. The Kier molecular flexibility index (Phi) is 5.99. The molecular formula is C21H32N2O3. The highest BCUT2D eigenvalue weighted by atomic mass is 16.6. The molecule has 1 saturated heterocycles. The molecule has 1 heterocycles. The first-order chi connectivity index (χ1) is 12.0. The minimum absolute atomic E-state index is 0.0245. The van der Waals surface area contributed by atoms with Crippen LogP contribution in [0.2, 0.25) is 0 Å². The van der Waals surface area contributed by atoms with Gasteiger partial charge in [-0.2, -0.15) is 0 Å². The zero-order valence-corrected chi connectivity index (χ0v) is 17.0. The third-order valence-corrected chi connectivity index (χ3v) is 4.43. The largest absolute Gasteiger partial charge is 0.444 e. The summed E-state index contributed by atoms with van der Waals surface area (Å²) >= 11 is 0. The van der Waals surface area contributed by atoms with Crippen LogP contribution in [0, 0.1) is 0 Å². The van der Waals surface area contributed by atoms with E-state index < -0.39 is 5.60 Å². The first-order valence-corrected chi connectivity index (χ1v) is 9.35. The molecule has 1 aromatic rings. The highest BCUT2D eigenvalue weighted by molar-refractivity contribution is 5.94. The second-order valence-electron chi connectivity index (χ2n) is 8.94. The Morgan fingerprint density at radius 3 is 1.92 bits per heavy atom. The van der Waals surface area contributed by atoms with Crippen LogP contribution in [0.25, 0.3) is 0 Å². The quantitative estimate of drug-likeness (QED) is 0.759. The van der Waals surface area contributed by atoms with Crippen molar-refractivity contribution in [2.24, 2.45) is 0 Å². The molecule has 0 atom stereocenters. The lowest BCUT2D eigenvalue weighted by Crippen LogP contribution is -2.40. The molecular weight excluding hydrogens is 328 g/mol. The molecule has 2 amide bonds. The van der Waals surface area contributed by atoms with Gasteiger partial charge < -0.3 is 14.5 Å². The molecule has 1 aliphatic heterocycles. The van der Waals surface area contributed by atoms with Crippen LogP contribution < -0.4 is 0 Å². The van der Waals surface area contributed by atoms with Gasteiger partial charge in [0.05, 0.1) is 0 Å². The maximum absolute atomic E-state index is 12.8. The Hall–Kier alpha value is -2.04. The van der Waals surface area contributed by atoms with Gasteiger partial charge in [0.15, 0.2) is 0 Å². The predicted octanol–water partition coefficient (Wildman–Crippen LogP) is 4.07. The fourth-order valence-corrected chi connectivity index (χ4v) is 2.92. The van der Waals surface area contributed by atoms with Gasteiger partial charge in [-0.15, -0.1) is 0 Å². The van der Waals surface area contributed by atoms with Gasteiger partial charge in [0.2, 0.25) is 0 Å². The molecule has 2 rings (SSSR count). The topological polar surface area (TPSA) is 49.9 Å². The minimum Gasteiger partial charge on any atom is -0.444 e. The van der Waals surface area contributed by atoms with Crippen molar-refractivity contribution in [3.63, 3.8) is 0 Å². The van der Waals surface area contributed by atoms with Crippen LogP contribution in [-0.4, -0.2) is 53.6 Å². The lowest BCUT2D eigenvalue weighted by Gasteiger charge is -2.26. The van der Waals surface area contributed by atoms with Gasteiger partial charge in [0.25, 0.3) is 5.91 Å². The maximum atomic E-state index is 12.8. The van der Waals surface area contributed by atoms with Crippen LogP contribution in [0.3, 0.4) is 0 Å². The molecule has 0 aliphatic carbocycles. The zero-order valence-electron chi connectivity index (χ0n) is 17.0. The molecule has 0 spiro atoms. The summed E-state index contributed by atoms with van der Waals surface area (Å²) in [4.78, 5) is 28.6. The fraction of sp³-hybridized carbons (Fsp3) is 0.619. The van der Waals surface area contributed by atoms with Crippen molar-refractivity contribution in [3.8, 4) is 0 Å². The maximum Gasteiger partial charge on any atom is 0.410 e. The molecule has 26 heavy (non-hydrogen) atoms. The Labute approximate surface area is 157 Å². The second kappa shape index (κ2) is 7.68. The standard InChI is InChI=1S/C21H32N2O3/c1-20(2,3)17-10-8-16(9-11-17)18(24)22-12-7-13-23(15-14-22)19(25)26-21(4,5)6/h8-11H,7,12-15H2,1-6H3. The molecule has 0 aromatic heterocycles. The minimum atomic E-state index is -0.506. The number of carbonyl (C=O) groups is 2. The second-order valence-corrected chi connectivity index (χ2v) is 8.94. The van der Waals surface area contributed by atoms with Gasteiger partial charge in [-0.1, -0.05) is 32.9 Å². The lowest BCUT2D eigenvalue weighted by molar-refractivity contribution is 0.0255. The highest BCUT2D eigenvalue weighted by Crippen LogP contribution is 2.22. The van der Waals surface area contributed by atoms with E-state index in [1.165, 1.54) is 5.56 Å². The van der Waals surface area contributed by atoms with Gasteiger partial charge in [0.1, 0.15) is 5.60 Å². The van der Waals surface area contributed by atoms with E-state index in [1.807, 2.05) is 49.9 Å². The van der Waals surface area contributed by atoms with E-state index in [2.05, 4.69) is 20.8 Å². The number of rotatable bonds is 1. The van der Waals surface area contributed by atoms with Gasteiger partial charge >= 0.3 is 6.09 Å². The van der Waals surface area contributed by atoms with E-state index >= 15 is 0 Å². The first-order valence-electron chi connectivity index (χ1n) is 9.35. The number of amides is 2. The van der Waals surface area contributed by atoms with Crippen molar-refractivity contribution in [1.29, 1.82) is 0 Å². The monoisotopic (exact) mass is 360 g/mol. The van der Waals surface area contributed by atoms with Crippen LogP contribution in [0.1, 0.15) is 63.9 Å². The summed E-state index contributed by atoms with van der Waals surface area (Å²) in [7, 11) is 0. The van der Waals surface area contributed by atoms with Gasteiger partial charge in [-0.3, -0.25) is 4.79 Å². The van der Waals surface area contributed by atoms with Crippen LogP contribution in [0.15, 0.2) is 24.3 Å².